The molecule has 2 N–H and O–H groups in total. The van der Waals surface area contributed by atoms with Crippen LogP contribution >= 0.6 is 12.2 Å². The van der Waals surface area contributed by atoms with Crippen LogP contribution in [0.1, 0.15) is 66.2 Å². The van der Waals surface area contributed by atoms with Crippen molar-refractivity contribution in [1.82, 2.24) is 0 Å². The summed E-state index contributed by atoms with van der Waals surface area (Å²) in [5, 5.41) is 4.98. The highest BCUT2D eigenvalue weighted by Crippen LogP contribution is 2.60. The van der Waals surface area contributed by atoms with Crippen molar-refractivity contribution in [2.24, 2.45) is 40.5 Å². The van der Waals surface area contributed by atoms with Crippen LogP contribution in [-0.4, -0.2) is 16.2 Å². The van der Waals surface area contributed by atoms with E-state index >= 15 is 0 Å². The van der Waals surface area contributed by atoms with E-state index in [9.17, 15) is 0 Å². The van der Waals surface area contributed by atoms with Gasteiger partial charge in [-0.2, -0.15) is 7.05 Å². The summed E-state index contributed by atoms with van der Waals surface area (Å²) in [6.07, 6.45) is 7.59. The van der Waals surface area contributed by atoms with E-state index in [1.807, 2.05) is 0 Å². The predicted octanol–water partition coefficient (Wildman–Crippen LogP) is 4.64. The molecule has 3 fully saturated rings. The fraction of sp³-hybridized carbons (Fsp3) is 0.818. The van der Waals surface area contributed by atoms with E-state index in [0.717, 1.165) is 30.1 Å². The molecule has 3 saturated carbocycles. The van der Waals surface area contributed by atoms with E-state index in [2.05, 4.69) is 56.8 Å². The van der Waals surface area contributed by atoms with Crippen molar-refractivity contribution < 1.29 is 5.32 Å². The van der Waals surface area contributed by atoms with Gasteiger partial charge in [0.25, 0.3) is 0 Å². The summed E-state index contributed by atoms with van der Waals surface area (Å²) >= 11 is 4.90. The molecule has 3 rings (SSSR count). The van der Waals surface area contributed by atoms with Gasteiger partial charge in [-0.3, -0.25) is 0 Å². The molecule has 0 saturated heterocycles. The molecule has 140 valence electrons. The highest BCUT2D eigenvalue weighted by Gasteiger charge is 2.60. The number of aliphatic imine (C=N–C) groups is 1. The van der Waals surface area contributed by atoms with Crippen LogP contribution in [0, 0.1) is 42.6 Å². The van der Waals surface area contributed by atoms with E-state index < -0.39 is 0 Å². The number of hydrogen-bond donors (Lipinski definition) is 1. The maximum absolute atomic E-state index is 4.90. The van der Waals surface area contributed by atoms with Crippen LogP contribution in [0.5, 0.6) is 0 Å². The predicted molar refractivity (Wildman–Crippen MR) is 108 cm³/mol. The summed E-state index contributed by atoms with van der Waals surface area (Å²) in [6.45, 7) is 13.9. The van der Waals surface area contributed by atoms with E-state index in [1.165, 1.54) is 37.7 Å². The summed E-state index contributed by atoms with van der Waals surface area (Å²) in [5.74, 6) is 4.41. The van der Waals surface area contributed by atoms with Crippen molar-refractivity contribution in [3.05, 3.63) is 19.2 Å². The van der Waals surface area contributed by atoms with E-state index in [0.29, 0.717) is 17.4 Å². The molecule has 0 heterocycles. The van der Waals surface area contributed by atoms with Crippen molar-refractivity contribution in [3.63, 3.8) is 0 Å². The first-order valence-electron chi connectivity index (χ1n) is 10.2. The molecule has 0 aromatic carbocycles. The van der Waals surface area contributed by atoms with Gasteiger partial charge in [0.05, 0.1) is 16.2 Å². The Kier molecular flexibility index (Phi) is 5.32. The van der Waals surface area contributed by atoms with Gasteiger partial charge in [0.2, 0.25) is 0 Å². The molecule has 0 spiro atoms. The summed E-state index contributed by atoms with van der Waals surface area (Å²) in [5.41, 5.74) is 1.70. The van der Waals surface area contributed by atoms with E-state index in [-0.39, 0.29) is 5.54 Å². The normalized spacial score (nSPS) is 44.0. The molecule has 0 aliphatic heterocycles. The average Bonchev–Trinajstić information content (AvgIpc) is 2.54. The summed E-state index contributed by atoms with van der Waals surface area (Å²) in [7, 11) is 4.34. The topological polar surface area (TPSA) is 29.0 Å². The van der Waals surface area contributed by atoms with Crippen LogP contribution in [0.15, 0.2) is 17.1 Å². The highest BCUT2D eigenvalue weighted by atomic mass is 32.1. The number of hydrogen-bond acceptors (Lipinski definition) is 2. The van der Waals surface area contributed by atoms with Crippen LogP contribution in [-0.2, 0) is 0 Å². The first-order chi connectivity index (χ1) is 11.8. The number of allylic oxidation sites excluding steroid dienone is 1. The summed E-state index contributed by atoms with van der Waals surface area (Å²) < 4.78 is 0. The lowest BCUT2D eigenvalue weighted by molar-refractivity contribution is -0.703. The Hall–Kier alpha value is -0.500. The fourth-order valence-corrected chi connectivity index (χ4v) is 7.20. The highest BCUT2D eigenvalue weighted by molar-refractivity contribution is 7.78. The minimum absolute atomic E-state index is 0.117. The van der Waals surface area contributed by atoms with Crippen molar-refractivity contribution in [2.45, 2.75) is 77.3 Å². The maximum Gasteiger partial charge on any atom is 0.0789 e. The number of isothiocyanates is 1. The van der Waals surface area contributed by atoms with Gasteiger partial charge in [0.15, 0.2) is 0 Å². The molecule has 0 bridgehead atoms. The molecule has 0 radical (unpaired) electrons. The minimum atomic E-state index is -0.117. The molecule has 0 amide bonds. The Morgan fingerprint density at radius 3 is 2.76 bits per heavy atom. The molecule has 3 heteroatoms. The van der Waals surface area contributed by atoms with Gasteiger partial charge in [-0.25, -0.2) is 4.99 Å². The van der Waals surface area contributed by atoms with Crippen molar-refractivity contribution >= 4 is 17.4 Å². The zero-order valence-corrected chi connectivity index (χ0v) is 17.4. The Morgan fingerprint density at radius 1 is 1.40 bits per heavy atom. The lowest BCUT2D eigenvalue weighted by atomic mass is 9.44. The fourth-order valence-electron chi connectivity index (χ4n) is 6.95. The molecule has 7 atom stereocenters. The summed E-state index contributed by atoms with van der Waals surface area (Å²) in [4.78, 5) is 4.48. The monoisotopic (exact) mass is 360 g/mol. The zero-order chi connectivity index (χ0) is 18.4. The van der Waals surface area contributed by atoms with Gasteiger partial charge in [0, 0.05) is 18.3 Å². The van der Waals surface area contributed by atoms with Gasteiger partial charge < -0.3 is 5.32 Å². The molecule has 25 heavy (non-hydrogen) atoms. The maximum atomic E-state index is 4.90. The van der Waals surface area contributed by atoms with Crippen LogP contribution in [0.25, 0.3) is 0 Å². The molecule has 0 aromatic rings. The van der Waals surface area contributed by atoms with Crippen molar-refractivity contribution in [3.8, 4) is 0 Å². The number of rotatable bonds is 4. The molecule has 3 aliphatic rings. The smallest absolute Gasteiger partial charge is 0.0789 e. The van der Waals surface area contributed by atoms with Gasteiger partial charge in [0.1, 0.15) is 0 Å². The van der Waals surface area contributed by atoms with Crippen molar-refractivity contribution in [1.29, 1.82) is 0 Å². The number of thiocarbonyl (C=S) groups is 1. The summed E-state index contributed by atoms with van der Waals surface area (Å²) in [6, 6.07) is 0. The third-order valence-electron chi connectivity index (χ3n) is 8.07. The number of nitrogens with zero attached hydrogens (tertiary/aromatic N) is 1. The van der Waals surface area contributed by atoms with Gasteiger partial charge in [-0.15, -0.1) is 0 Å². The molecule has 2 nitrogen and oxygen atoms in total. The first-order valence-corrected chi connectivity index (χ1v) is 10.6. The average molecular weight is 361 g/mol. The second-order valence-corrected chi connectivity index (χ2v) is 10.0. The Labute approximate surface area is 159 Å². The van der Waals surface area contributed by atoms with Gasteiger partial charge in [-0.05, 0) is 81.8 Å². The number of nitrogens with two attached hydrogens (primary N) is 1. The molecular formula is C22H36N2S. The van der Waals surface area contributed by atoms with Crippen LogP contribution in [0.4, 0.5) is 0 Å². The zero-order valence-electron chi connectivity index (χ0n) is 16.6. The second-order valence-electron chi connectivity index (χ2n) is 9.86. The number of quaternary nitrogens is 1. The second kappa shape index (κ2) is 6.91. The largest absolute Gasteiger partial charge is 0.473 e. The minimum Gasteiger partial charge on any atom is -0.473 e. The first kappa shape index (κ1) is 19.3. The van der Waals surface area contributed by atoms with Gasteiger partial charge in [-0.1, -0.05) is 26.0 Å². The van der Waals surface area contributed by atoms with Crippen LogP contribution < -0.4 is 5.32 Å². The molecule has 7 unspecified atom stereocenters. The third-order valence-corrected chi connectivity index (χ3v) is 8.16. The van der Waals surface area contributed by atoms with Crippen LogP contribution in [0.3, 0.4) is 0 Å². The van der Waals surface area contributed by atoms with E-state index in [4.69, 9.17) is 12.2 Å². The lowest BCUT2D eigenvalue weighted by Gasteiger charge is -2.62. The SMILES string of the molecule is C=C1CCC2([NH2+][CH2-])C(C)CCC3C(C)CC(CC(C)(C)N=C=S)C1C32. The quantitative estimate of drug-likeness (QED) is 0.336. The Bertz CT molecular complexity index is 577. The molecule has 3 aliphatic carbocycles. The van der Waals surface area contributed by atoms with Gasteiger partial charge >= 0.3 is 0 Å². The van der Waals surface area contributed by atoms with E-state index in [1.54, 1.807) is 0 Å². The Balaban J connectivity index is 1.99. The standard InChI is InChI=1S/C22H36N2S/c1-14-9-10-22(23-6)16(3)7-8-18-15(2)11-17(19(14)20(18)22)12-21(4,5)24-13-25/h15-20H,1,6-12,23H2,2-5H3. The molecule has 0 aromatic heterocycles. The Morgan fingerprint density at radius 2 is 2.12 bits per heavy atom. The molecular weight excluding hydrogens is 324 g/mol. The van der Waals surface area contributed by atoms with Crippen LogP contribution in [0.2, 0.25) is 0 Å². The van der Waals surface area contributed by atoms with Crippen molar-refractivity contribution in [2.75, 3.05) is 0 Å². The lowest BCUT2D eigenvalue weighted by Crippen LogP contribution is -2.97. The third kappa shape index (κ3) is 3.17.